The highest BCUT2D eigenvalue weighted by Crippen LogP contribution is 2.27. The van der Waals surface area contributed by atoms with Crippen molar-refractivity contribution in [2.45, 2.75) is 26.8 Å². The Bertz CT molecular complexity index is 824. The molecule has 0 unspecified atom stereocenters. The van der Waals surface area contributed by atoms with E-state index >= 15 is 0 Å². The van der Waals surface area contributed by atoms with E-state index in [9.17, 15) is 4.79 Å². The number of amides is 1. The lowest BCUT2D eigenvalue weighted by molar-refractivity contribution is -0.126. The largest absolute Gasteiger partial charge is 0.357 e. The lowest BCUT2D eigenvalue weighted by Gasteiger charge is -2.26. The van der Waals surface area contributed by atoms with E-state index in [1.54, 1.807) is 24.3 Å². The van der Waals surface area contributed by atoms with Crippen molar-refractivity contribution < 1.29 is 4.79 Å². The highest BCUT2D eigenvalue weighted by Gasteiger charge is 2.22. The SMILES string of the molecule is C=C/C=C(C=C)/C=C/C(=O)N1CCc2c([nH]c3ccccc23)C1.CC. The Morgan fingerprint density at radius 1 is 1.20 bits per heavy atom. The van der Waals surface area contributed by atoms with Gasteiger partial charge in [0.05, 0.1) is 6.54 Å². The monoisotopic (exact) mass is 334 g/mol. The van der Waals surface area contributed by atoms with E-state index in [0.29, 0.717) is 6.54 Å². The number of carbonyl (C=O) groups excluding carboxylic acids is 1. The normalized spacial score (nSPS) is 14.0. The van der Waals surface area contributed by atoms with Gasteiger partial charge in [0.1, 0.15) is 0 Å². The van der Waals surface area contributed by atoms with Crippen LogP contribution in [-0.4, -0.2) is 22.3 Å². The average molecular weight is 334 g/mol. The zero-order chi connectivity index (χ0) is 18.2. The molecule has 3 heteroatoms. The number of carbonyl (C=O) groups is 1. The molecule has 0 aliphatic carbocycles. The molecule has 1 aliphatic rings. The highest BCUT2D eigenvalue weighted by molar-refractivity contribution is 5.89. The first-order valence-electron chi connectivity index (χ1n) is 8.73. The van der Waals surface area contributed by atoms with Crippen molar-refractivity contribution in [1.82, 2.24) is 9.88 Å². The molecule has 0 radical (unpaired) electrons. The summed E-state index contributed by atoms with van der Waals surface area (Å²) in [6.45, 7) is 12.7. The standard InChI is InChI=1S/C20H20N2O.C2H6/c1-3-7-15(4-2)10-11-20(23)22-13-12-17-16-8-5-6-9-18(16)21-19(17)14-22;1-2/h3-11,21H,1-2,12-14H2;1-2H3/b11-10+,15-7+;. The van der Waals surface area contributed by atoms with Gasteiger partial charge in [-0.25, -0.2) is 0 Å². The average Bonchev–Trinajstić information content (AvgIpc) is 3.04. The smallest absolute Gasteiger partial charge is 0.246 e. The van der Waals surface area contributed by atoms with Crippen molar-refractivity contribution in [1.29, 1.82) is 0 Å². The molecule has 2 heterocycles. The van der Waals surface area contributed by atoms with Gasteiger partial charge < -0.3 is 9.88 Å². The molecule has 1 amide bonds. The number of benzene rings is 1. The molecular weight excluding hydrogens is 308 g/mol. The van der Waals surface area contributed by atoms with E-state index in [4.69, 9.17) is 0 Å². The molecule has 3 rings (SSSR count). The predicted molar refractivity (Wildman–Crippen MR) is 106 cm³/mol. The Kier molecular flexibility index (Phi) is 6.58. The number of hydrogen-bond donors (Lipinski definition) is 1. The third-order valence-corrected chi connectivity index (χ3v) is 4.16. The second-order valence-electron chi connectivity index (χ2n) is 5.58. The summed E-state index contributed by atoms with van der Waals surface area (Å²) >= 11 is 0. The van der Waals surface area contributed by atoms with Crippen molar-refractivity contribution in [2.75, 3.05) is 6.54 Å². The summed E-state index contributed by atoms with van der Waals surface area (Å²) in [6, 6.07) is 8.30. The lowest BCUT2D eigenvalue weighted by Crippen LogP contribution is -2.34. The van der Waals surface area contributed by atoms with Gasteiger partial charge >= 0.3 is 0 Å². The maximum absolute atomic E-state index is 12.4. The molecule has 0 saturated carbocycles. The zero-order valence-corrected chi connectivity index (χ0v) is 15.1. The van der Waals surface area contributed by atoms with E-state index in [0.717, 1.165) is 29.7 Å². The predicted octanol–water partition coefficient (Wildman–Crippen LogP) is 4.93. The number of rotatable bonds is 4. The van der Waals surface area contributed by atoms with Crippen molar-refractivity contribution in [3.8, 4) is 0 Å². The van der Waals surface area contributed by atoms with Crippen LogP contribution in [0.15, 0.2) is 73.4 Å². The quantitative estimate of drug-likeness (QED) is 0.624. The molecule has 0 saturated heterocycles. The van der Waals surface area contributed by atoms with Crippen LogP contribution in [0.25, 0.3) is 10.9 Å². The van der Waals surface area contributed by atoms with Gasteiger partial charge in [0.2, 0.25) is 5.91 Å². The maximum Gasteiger partial charge on any atom is 0.246 e. The molecule has 1 aliphatic heterocycles. The van der Waals surface area contributed by atoms with Crippen molar-refractivity contribution in [3.63, 3.8) is 0 Å². The van der Waals surface area contributed by atoms with Gasteiger partial charge in [-0.05, 0) is 29.7 Å². The number of para-hydroxylation sites is 1. The van der Waals surface area contributed by atoms with E-state index in [1.807, 2.05) is 30.9 Å². The number of H-pyrrole nitrogens is 1. The maximum atomic E-state index is 12.4. The molecule has 1 N–H and O–H groups in total. The van der Waals surface area contributed by atoms with Crippen LogP contribution in [-0.2, 0) is 17.8 Å². The van der Waals surface area contributed by atoms with Crippen LogP contribution in [0, 0.1) is 0 Å². The second kappa shape index (κ2) is 8.88. The van der Waals surface area contributed by atoms with Crippen molar-refractivity contribution in [2.24, 2.45) is 0 Å². The Labute approximate surface area is 150 Å². The van der Waals surface area contributed by atoms with Crippen LogP contribution in [0.2, 0.25) is 0 Å². The van der Waals surface area contributed by atoms with Crippen molar-refractivity contribution in [3.05, 3.63) is 84.6 Å². The first kappa shape index (κ1) is 18.5. The molecule has 2 aromatic rings. The molecular formula is C22H26N2O. The van der Waals surface area contributed by atoms with Gasteiger partial charge in [-0.15, -0.1) is 0 Å². The molecule has 0 spiro atoms. The number of allylic oxidation sites excluding steroid dienone is 5. The number of hydrogen-bond acceptors (Lipinski definition) is 1. The topological polar surface area (TPSA) is 36.1 Å². The number of nitrogens with zero attached hydrogens (tertiary/aromatic N) is 1. The van der Waals surface area contributed by atoms with Crippen LogP contribution < -0.4 is 0 Å². The third-order valence-electron chi connectivity index (χ3n) is 4.16. The van der Waals surface area contributed by atoms with E-state index in [2.05, 4.69) is 36.3 Å². The van der Waals surface area contributed by atoms with Gasteiger partial charge in [0, 0.05) is 29.2 Å². The number of aromatic amines is 1. The molecule has 0 atom stereocenters. The number of fused-ring (bicyclic) bond motifs is 3. The summed E-state index contributed by atoms with van der Waals surface area (Å²) in [6.07, 6.45) is 9.47. The van der Waals surface area contributed by atoms with Gasteiger partial charge in [-0.2, -0.15) is 0 Å². The molecule has 1 aromatic carbocycles. The molecule has 0 bridgehead atoms. The van der Waals surface area contributed by atoms with Gasteiger partial charge in [0.25, 0.3) is 0 Å². The van der Waals surface area contributed by atoms with Crippen LogP contribution >= 0.6 is 0 Å². The fourth-order valence-electron chi connectivity index (χ4n) is 2.98. The highest BCUT2D eigenvalue weighted by atomic mass is 16.2. The first-order valence-corrected chi connectivity index (χ1v) is 8.73. The summed E-state index contributed by atoms with van der Waals surface area (Å²) in [5.74, 6) is 0.0196. The minimum absolute atomic E-state index is 0.0196. The van der Waals surface area contributed by atoms with Crippen LogP contribution in [0.3, 0.4) is 0 Å². The summed E-state index contributed by atoms with van der Waals surface area (Å²) in [5, 5.41) is 1.27. The first-order chi connectivity index (χ1) is 12.2. The van der Waals surface area contributed by atoms with Gasteiger partial charge in [0.15, 0.2) is 0 Å². The zero-order valence-electron chi connectivity index (χ0n) is 15.1. The number of nitrogens with one attached hydrogen (secondary N) is 1. The van der Waals surface area contributed by atoms with E-state index < -0.39 is 0 Å². The van der Waals surface area contributed by atoms with Crippen LogP contribution in [0.1, 0.15) is 25.1 Å². The molecule has 1 aromatic heterocycles. The summed E-state index contributed by atoms with van der Waals surface area (Å²) < 4.78 is 0. The Hall–Kier alpha value is -2.81. The molecule has 130 valence electrons. The third kappa shape index (κ3) is 4.18. The minimum atomic E-state index is 0.0196. The summed E-state index contributed by atoms with van der Waals surface area (Å²) in [5.41, 5.74) is 4.50. The van der Waals surface area contributed by atoms with E-state index in [1.165, 1.54) is 10.9 Å². The Morgan fingerprint density at radius 3 is 2.68 bits per heavy atom. The van der Waals surface area contributed by atoms with Crippen LogP contribution in [0.4, 0.5) is 0 Å². The summed E-state index contributed by atoms with van der Waals surface area (Å²) in [7, 11) is 0. The lowest BCUT2D eigenvalue weighted by atomic mass is 10.0. The van der Waals surface area contributed by atoms with Gasteiger partial charge in [-0.3, -0.25) is 4.79 Å². The minimum Gasteiger partial charge on any atom is -0.357 e. The number of aromatic nitrogens is 1. The molecule has 25 heavy (non-hydrogen) atoms. The Morgan fingerprint density at radius 2 is 1.96 bits per heavy atom. The van der Waals surface area contributed by atoms with Crippen molar-refractivity contribution >= 4 is 16.8 Å². The fourth-order valence-corrected chi connectivity index (χ4v) is 2.98. The fraction of sp³-hybridized carbons (Fsp3) is 0.227. The van der Waals surface area contributed by atoms with Gasteiger partial charge in [-0.1, -0.05) is 63.4 Å². The molecule has 0 fully saturated rings. The molecule has 3 nitrogen and oxygen atoms in total. The second-order valence-corrected chi connectivity index (χ2v) is 5.58. The Balaban J connectivity index is 0.00000109. The summed E-state index contributed by atoms with van der Waals surface area (Å²) in [4.78, 5) is 17.7. The van der Waals surface area contributed by atoms with Crippen LogP contribution in [0.5, 0.6) is 0 Å². The van der Waals surface area contributed by atoms with E-state index in [-0.39, 0.29) is 5.91 Å².